The molecule has 1 aliphatic heterocycles. The number of carbonyl (C=O) groups excluding carboxylic acids is 1. The van der Waals surface area contributed by atoms with E-state index < -0.39 is 0 Å². The SMILES string of the molecule is CCN1C(=O)/C(=C/c2ccc(C)o2)SC1=Nc1cccc(O)c1. The molecule has 0 saturated carbocycles. The van der Waals surface area contributed by atoms with Crippen LogP contribution in [-0.2, 0) is 4.79 Å². The minimum absolute atomic E-state index is 0.0922. The van der Waals surface area contributed by atoms with Gasteiger partial charge in [-0.25, -0.2) is 4.99 Å². The molecule has 1 saturated heterocycles. The van der Waals surface area contributed by atoms with E-state index in [1.54, 1.807) is 35.2 Å². The van der Waals surface area contributed by atoms with E-state index in [1.165, 1.54) is 11.8 Å². The summed E-state index contributed by atoms with van der Waals surface area (Å²) in [5.74, 6) is 1.50. The molecule has 1 aromatic carbocycles. The summed E-state index contributed by atoms with van der Waals surface area (Å²) in [5.41, 5.74) is 0.605. The van der Waals surface area contributed by atoms with E-state index in [-0.39, 0.29) is 11.7 Å². The number of thioether (sulfide) groups is 1. The molecule has 6 heteroatoms. The number of amides is 1. The summed E-state index contributed by atoms with van der Waals surface area (Å²) >= 11 is 1.30. The number of aryl methyl sites for hydroxylation is 1. The minimum atomic E-state index is -0.0922. The molecule has 1 fully saturated rings. The number of aromatic hydroxyl groups is 1. The number of benzene rings is 1. The van der Waals surface area contributed by atoms with Crippen LogP contribution < -0.4 is 0 Å². The zero-order valence-electron chi connectivity index (χ0n) is 12.8. The highest BCUT2D eigenvalue weighted by molar-refractivity contribution is 8.18. The molecule has 118 valence electrons. The Hall–Kier alpha value is -2.47. The number of aliphatic imine (C=N–C) groups is 1. The molecule has 23 heavy (non-hydrogen) atoms. The first-order valence-electron chi connectivity index (χ1n) is 7.22. The van der Waals surface area contributed by atoms with Gasteiger partial charge in [-0.05, 0) is 49.9 Å². The molecule has 0 spiro atoms. The predicted molar refractivity (Wildman–Crippen MR) is 91.6 cm³/mol. The van der Waals surface area contributed by atoms with E-state index in [4.69, 9.17) is 4.42 Å². The van der Waals surface area contributed by atoms with E-state index in [9.17, 15) is 9.90 Å². The van der Waals surface area contributed by atoms with Crippen LogP contribution in [0.5, 0.6) is 5.75 Å². The number of hydrogen-bond acceptors (Lipinski definition) is 5. The molecule has 2 heterocycles. The van der Waals surface area contributed by atoms with Crippen molar-refractivity contribution in [3.8, 4) is 5.75 Å². The van der Waals surface area contributed by atoms with Gasteiger partial charge in [0.1, 0.15) is 17.3 Å². The maximum Gasteiger partial charge on any atom is 0.266 e. The quantitative estimate of drug-likeness (QED) is 0.867. The van der Waals surface area contributed by atoms with Gasteiger partial charge >= 0.3 is 0 Å². The summed E-state index contributed by atoms with van der Waals surface area (Å²) < 4.78 is 5.50. The first-order valence-corrected chi connectivity index (χ1v) is 8.04. The Bertz CT molecular complexity index is 808. The average Bonchev–Trinajstić information content (AvgIpc) is 3.04. The van der Waals surface area contributed by atoms with Gasteiger partial charge < -0.3 is 9.52 Å². The van der Waals surface area contributed by atoms with Crippen molar-refractivity contribution in [1.29, 1.82) is 0 Å². The summed E-state index contributed by atoms with van der Waals surface area (Å²) in [6.07, 6.45) is 1.73. The normalized spacial score (nSPS) is 18.3. The molecule has 0 radical (unpaired) electrons. The van der Waals surface area contributed by atoms with Crippen molar-refractivity contribution in [2.24, 2.45) is 4.99 Å². The Balaban J connectivity index is 1.93. The number of furan rings is 1. The lowest BCUT2D eigenvalue weighted by Gasteiger charge is -2.11. The summed E-state index contributed by atoms with van der Waals surface area (Å²) in [5, 5.41) is 10.1. The summed E-state index contributed by atoms with van der Waals surface area (Å²) in [6.45, 7) is 4.28. The Labute approximate surface area is 138 Å². The molecule has 5 nitrogen and oxygen atoms in total. The van der Waals surface area contributed by atoms with Crippen molar-refractivity contribution in [2.75, 3.05) is 6.54 Å². The molecule has 0 unspecified atom stereocenters. The Morgan fingerprint density at radius 3 is 2.83 bits per heavy atom. The number of amidine groups is 1. The summed E-state index contributed by atoms with van der Waals surface area (Å²) in [4.78, 5) is 19.1. The van der Waals surface area contributed by atoms with Crippen molar-refractivity contribution in [2.45, 2.75) is 13.8 Å². The zero-order chi connectivity index (χ0) is 16.4. The van der Waals surface area contributed by atoms with Crippen LogP contribution in [0.15, 0.2) is 50.7 Å². The molecule has 1 aromatic heterocycles. The second-order valence-electron chi connectivity index (χ2n) is 5.02. The number of rotatable bonds is 3. The Morgan fingerprint density at radius 1 is 1.35 bits per heavy atom. The Kier molecular flexibility index (Phi) is 4.25. The van der Waals surface area contributed by atoms with Gasteiger partial charge in [0.15, 0.2) is 5.17 Å². The van der Waals surface area contributed by atoms with E-state index in [0.29, 0.717) is 28.1 Å². The van der Waals surface area contributed by atoms with Crippen LogP contribution in [0.3, 0.4) is 0 Å². The monoisotopic (exact) mass is 328 g/mol. The maximum atomic E-state index is 12.5. The topological polar surface area (TPSA) is 66.0 Å². The van der Waals surface area contributed by atoms with Crippen LogP contribution in [-0.4, -0.2) is 27.6 Å². The van der Waals surface area contributed by atoms with Crippen LogP contribution in [0.1, 0.15) is 18.4 Å². The number of hydrogen-bond donors (Lipinski definition) is 1. The average molecular weight is 328 g/mol. The molecule has 0 atom stereocenters. The fourth-order valence-electron chi connectivity index (χ4n) is 2.20. The number of likely N-dealkylation sites (N-methyl/N-ethyl adjacent to an activating group) is 1. The third-order valence-electron chi connectivity index (χ3n) is 3.29. The predicted octanol–water partition coefficient (Wildman–Crippen LogP) is 3.92. The highest BCUT2D eigenvalue weighted by Gasteiger charge is 2.32. The van der Waals surface area contributed by atoms with Gasteiger partial charge in [0.25, 0.3) is 5.91 Å². The Morgan fingerprint density at radius 2 is 2.17 bits per heavy atom. The highest BCUT2D eigenvalue weighted by atomic mass is 32.2. The number of carbonyl (C=O) groups is 1. The lowest BCUT2D eigenvalue weighted by Crippen LogP contribution is -2.28. The smallest absolute Gasteiger partial charge is 0.266 e. The van der Waals surface area contributed by atoms with E-state index in [0.717, 1.165) is 5.76 Å². The van der Waals surface area contributed by atoms with E-state index >= 15 is 0 Å². The van der Waals surface area contributed by atoms with Crippen molar-refractivity contribution >= 4 is 34.6 Å². The van der Waals surface area contributed by atoms with Crippen molar-refractivity contribution in [1.82, 2.24) is 4.90 Å². The standard InChI is InChI=1S/C17H16N2O3S/c1-3-19-16(21)15(10-14-8-7-11(2)22-14)23-17(19)18-12-5-4-6-13(20)9-12/h4-10,20H,3H2,1-2H3/b15-10-,18-17?. The summed E-state index contributed by atoms with van der Waals surface area (Å²) in [6, 6.07) is 10.3. The van der Waals surface area contributed by atoms with Gasteiger partial charge in [-0.2, -0.15) is 0 Å². The van der Waals surface area contributed by atoms with Crippen LogP contribution in [0, 0.1) is 6.92 Å². The van der Waals surface area contributed by atoms with Crippen LogP contribution in [0.4, 0.5) is 5.69 Å². The number of phenolic OH excluding ortho intramolecular Hbond substituents is 1. The molecule has 0 bridgehead atoms. The molecule has 1 aliphatic rings. The largest absolute Gasteiger partial charge is 0.508 e. The fraction of sp³-hybridized carbons (Fsp3) is 0.176. The molecule has 0 aliphatic carbocycles. The second-order valence-corrected chi connectivity index (χ2v) is 6.03. The van der Waals surface area contributed by atoms with E-state index in [1.807, 2.05) is 26.0 Å². The van der Waals surface area contributed by atoms with Crippen molar-refractivity contribution < 1.29 is 14.3 Å². The fourth-order valence-corrected chi connectivity index (χ4v) is 3.25. The molecule has 1 amide bonds. The zero-order valence-corrected chi connectivity index (χ0v) is 13.6. The first kappa shape index (κ1) is 15.4. The van der Waals surface area contributed by atoms with Gasteiger partial charge in [0, 0.05) is 18.7 Å². The molecular weight excluding hydrogens is 312 g/mol. The minimum Gasteiger partial charge on any atom is -0.508 e. The van der Waals surface area contributed by atoms with Crippen LogP contribution >= 0.6 is 11.8 Å². The first-order chi connectivity index (χ1) is 11.1. The molecular formula is C17H16N2O3S. The van der Waals surface area contributed by atoms with Crippen LogP contribution in [0.2, 0.25) is 0 Å². The van der Waals surface area contributed by atoms with E-state index in [2.05, 4.69) is 4.99 Å². The molecule has 1 N–H and O–H groups in total. The lowest BCUT2D eigenvalue weighted by atomic mass is 10.3. The lowest BCUT2D eigenvalue weighted by molar-refractivity contribution is -0.122. The second kappa shape index (κ2) is 6.34. The molecule has 3 rings (SSSR count). The van der Waals surface area contributed by atoms with Gasteiger partial charge in [-0.3, -0.25) is 9.69 Å². The number of nitrogens with zero attached hydrogens (tertiary/aromatic N) is 2. The van der Waals surface area contributed by atoms with Crippen molar-refractivity contribution in [3.63, 3.8) is 0 Å². The van der Waals surface area contributed by atoms with Gasteiger partial charge in [-0.15, -0.1) is 0 Å². The van der Waals surface area contributed by atoms with Gasteiger partial charge in [0.2, 0.25) is 0 Å². The van der Waals surface area contributed by atoms with Gasteiger partial charge in [-0.1, -0.05) is 6.07 Å². The maximum absolute atomic E-state index is 12.5. The molecule has 2 aromatic rings. The third kappa shape index (κ3) is 3.32. The third-order valence-corrected chi connectivity index (χ3v) is 4.30. The van der Waals surface area contributed by atoms with Crippen molar-refractivity contribution in [3.05, 3.63) is 52.8 Å². The highest BCUT2D eigenvalue weighted by Crippen LogP contribution is 2.34. The summed E-state index contributed by atoms with van der Waals surface area (Å²) in [7, 11) is 0. The van der Waals surface area contributed by atoms with Crippen LogP contribution in [0.25, 0.3) is 6.08 Å². The van der Waals surface area contributed by atoms with Gasteiger partial charge in [0.05, 0.1) is 10.6 Å². The number of phenols is 1.